The number of esters is 3. The van der Waals surface area contributed by atoms with Crippen LogP contribution in [0.4, 0.5) is 0 Å². The summed E-state index contributed by atoms with van der Waals surface area (Å²) in [4.78, 5) is 39.2. The first-order valence-corrected chi connectivity index (χ1v) is 14.6. The highest BCUT2D eigenvalue weighted by molar-refractivity contribution is 5.89. The van der Waals surface area contributed by atoms with E-state index in [9.17, 15) is 19.5 Å². The number of aliphatic hydroxyl groups is 1. The molecule has 1 spiro atoms. The summed E-state index contributed by atoms with van der Waals surface area (Å²) in [6.45, 7) is 17.5. The lowest BCUT2D eigenvalue weighted by Crippen LogP contribution is -2.52. The van der Waals surface area contributed by atoms with Gasteiger partial charge in [0, 0.05) is 37.5 Å². The van der Waals surface area contributed by atoms with Crippen LogP contribution in [0.5, 0.6) is 0 Å². The molecule has 2 rings (SSSR count). The van der Waals surface area contributed by atoms with Crippen molar-refractivity contribution in [2.45, 2.75) is 142 Å². The molecule has 0 aromatic heterocycles. The second-order valence-electron chi connectivity index (χ2n) is 12.8. The summed E-state index contributed by atoms with van der Waals surface area (Å²) in [5.74, 6) is -4.96. The van der Waals surface area contributed by atoms with E-state index in [0.717, 1.165) is 25.7 Å². The Hall–Kier alpha value is -2.39. The smallest absolute Gasteiger partial charge is 0.340 e. The van der Waals surface area contributed by atoms with Gasteiger partial charge in [0.15, 0.2) is 5.60 Å². The van der Waals surface area contributed by atoms with Gasteiger partial charge in [-0.3, -0.25) is 9.59 Å². The summed E-state index contributed by atoms with van der Waals surface area (Å²) in [6.07, 6.45) is 7.80. The van der Waals surface area contributed by atoms with Crippen LogP contribution in [0.1, 0.15) is 120 Å². The van der Waals surface area contributed by atoms with Crippen LogP contribution < -0.4 is 0 Å². The number of hydrogen-bond acceptors (Lipinski definition) is 9. The molecule has 0 aromatic carbocycles. The molecular formula is C31H50O9. The van der Waals surface area contributed by atoms with Crippen LogP contribution in [0, 0.1) is 5.92 Å². The van der Waals surface area contributed by atoms with Gasteiger partial charge in [0.05, 0.1) is 0 Å². The van der Waals surface area contributed by atoms with Gasteiger partial charge in [-0.25, -0.2) is 4.79 Å². The maximum Gasteiger partial charge on any atom is 0.340 e. The number of ether oxygens (including phenoxy) is 5. The van der Waals surface area contributed by atoms with Gasteiger partial charge in [0.1, 0.15) is 17.1 Å². The van der Waals surface area contributed by atoms with E-state index < -0.39 is 53.0 Å². The van der Waals surface area contributed by atoms with Crippen molar-refractivity contribution in [1.82, 2.24) is 0 Å². The molecule has 2 heterocycles. The van der Waals surface area contributed by atoms with Crippen molar-refractivity contribution >= 4 is 17.9 Å². The molecule has 0 aliphatic carbocycles. The summed E-state index contributed by atoms with van der Waals surface area (Å²) in [5, 5.41) is 10.0. The minimum atomic E-state index is -1.91. The molecule has 0 aromatic rings. The molecule has 9 heteroatoms. The van der Waals surface area contributed by atoms with Crippen molar-refractivity contribution in [3.8, 4) is 0 Å². The third kappa shape index (κ3) is 8.56. The van der Waals surface area contributed by atoms with Crippen molar-refractivity contribution in [2.75, 3.05) is 6.61 Å². The molecule has 0 unspecified atom stereocenters. The zero-order valence-electron chi connectivity index (χ0n) is 25.8. The van der Waals surface area contributed by atoms with Gasteiger partial charge >= 0.3 is 17.9 Å². The number of carbonyl (C=O) groups excluding carboxylic acids is 3. The topological polar surface area (TPSA) is 118 Å². The summed E-state index contributed by atoms with van der Waals surface area (Å²) >= 11 is 0. The van der Waals surface area contributed by atoms with Crippen LogP contribution >= 0.6 is 0 Å². The Morgan fingerprint density at radius 1 is 0.975 bits per heavy atom. The largest absolute Gasteiger partial charge is 0.460 e. The normalized spacial score (nSPS) is 24.8. The third-order valence-corrected chi connectivity index (χ3v) is 6.90. The van der Waals surface area contributed by atoms with Crippen LogP contribution in [0.3, 0.4) is 0 Å². The van der Waals surface area contributed by atoms with Crippen molar-refractivity contribution in [2.24, 2.45) is 5.92 Å². The van der Waals surface area contributed by atoms with Crippen molar-refractivity contribution in [3.05, 3.63) is 23.7 Å². The van der Waals surface area contributed by atoms with Crippen molar-refractivity contribution < 1.29 is 43.2 Å². The van der Waals surface area contributed by atoms with Crippen molar-refractivity contribution in [1.29, 1.82) is 0 Å². The first-order valence-electron chi connectivity index (χ1n) is 14.6. The fourth-order valence-electron chi connectivity index (χ4n) is 5.13. The lowest BCUT2D eigenvalue weighted by Gasteiger charge is -2.35. The van der Waals surface area contributed by atoms with Crippen molar-refractivity contribution in [3.63, 3.8) is 0 Å². The Balaban J connectivity index is 2.43. The minimum Gasteiger partial charge on any atom is -0.460 e. The molecule has 3 atom stereocenters. The fraction of sp³-hybridized carbons (Fsp3) is 0.774. The highest BCUT2D eigenvalue weighted by Crippen LogP contribution is 2.56. The average Bonchev–Trinajstić information content (AvgIpc) is 3.26. The van der Waals surface area contributed by atoms with Gasteiger partial charge in [-0.05, 0) is 54.4 Å². The minimum absolute atomic E-state index is 0.0320. The van der Waals surface area contributed by atoms with Crippen LogP contribution in [-0.4, -0.2) is 52.2 Å². The maximum atomic E-state index is 13.7. The lowest BCUT2D eigenvalue weighted by atomic mass is 9.82. The first-order chi connectivity index (χ1) is 18.5. The Kier molecular flexibility index (Phi) is 11.4. The van der Waals surface area contributed by atoms with Crippen LogP contribution in [0.15, 0.2) is 23.7 Å². The monoisotopic (exact) mass is 566 g/mol. The zero-order chi connectivity index (χ0) is 30.4. The quantitative estimate of drug-likeness (QED) is 0.162. The summed E-state index contributed by atoms with van der Waals surface area (Å²) in [5.41, 5.74) is -2.69. The Morgan fingerprint density at radius 2 is 1.55 bits per heavy atom. The predicted octanol–water partition coefficient (Wildman–Crippen LogP) is 6.03. The molecule has 9 nitrogen and oxygen atoms in total. The molecule has 0 saturated carbocycles. The van der Waals surface area contributed by atoms with Crippen LogP contribution in [0.25, 0.3) is 0 Å². The molecule has 2 aliphatic heterocycles. The van der Waals surface area contributed by atoms with Crippen LogP contribution in [0.2, 0.25) is 0 Å². The highest BCUT2D eigenvalue weighted by atomic mass is 16.8. The second-order valence-corrected chi connectivity index (χ2v) is 12.8. The SMILES string of the molecule is C=C1C(CCCCCCCCC)=C(OC(C)=O)O[C@]12C[C@H](C(=O)OC(C)(C)C)[C@@](CCO)(C(=O)OC(C)(C)C)O2. The van der Waals surface area contributed by atoms with Gasteiger partial charge in [0.25, 0.3) is 5.95 Å². The number of hydrogen-bond donors (Lipinski definition) is 1. The molecule has 228 valence electrons. The zero-order valence-corrected chi connectivity index (χ0v) is 25.8. The van der Waals surface area contributed by atoms with E-state index >= 15 is 0 Å². The number of carbonyl (C=O) groups is 3. The lowest BCUT2D eigenvalue weighted by molar-refractivity contribution is -0.237. The van der Waals surface area contributed by atoms with E-state index in [1.54, 1.807) is 41.5 Å². The molecular weight excluding hydrogens is 516 g/mol. The standard InChI is InChI=1S/C31H50O9/c1-10-11-12-13-14-15-16-17-23-21(2)31(38-26(23)36-22(3)33)20-24(25(34)37-28(4,5)6)30(40-31,18-19-32)27(35)39-29(7,8)9/h24,32H,2,10-20H2,1,3-9H3/t24-,30+,31+/m1/s1. The van der Waals surface area contributed by atoms with E-state index in [2.05, 4.69) is 13.5 Å². The second kappa shape index (κ2) is 13.5. The van der Waals surface area contributed by atoms with Gasteiger partial charge in [-0.15, -0.1) is 0 Å². The van der Waals surface area contributed by atoms with Gasteiger partial charge < -0.3 is 28.8 Å². The summed E-state index contributed by atoms with van der Waals surface area (Å²) in [6, 6.07) is 0. The van der Waals surface area contributed by atoms with E-state index in [4.69, 9.17) is 23.7 Å². The molecule has 2 aliphatic rings. The first kappa shape index (κ1) is 33.8. The van der Waals surface area contributed by atoms with Crippen LogP contribution in [-0.2, 0) is 38.1 Å². The van der Waals surface area contributed by atoms with E-state index in [0.29, 0.717) is 17.6 Å². The average molecular weight is 567 g/mol. The molecule has 0 amide bonds. The molecule has 40 heavy (non-hydrogen) atoms. The Morgan fingerprint density at radius 3 is 2.08 bits per heavy atom. The number of rotatable bonds is 13. The molecule has 0 radical (unpaired) electrons. The van der Waals surface area contributed by atoms with Gasteiger partial charge in [-0.1, -0.05) is 52.0 Å². The summed E-state index contributed by atoms with van der Waals surface area (Å²) in [7, 11) is 0. The summed E-state index contributed by atoms with van der Waals surface area (Å²) < 4.78 is 29.4. The molecule has 1 N–H and O–H groups in total. The van der Waals surface area contributed by atoms with E-state index in [-0.39, 0.29) is 18.8 Å². The molecule has 0 bridgehead atoms. The highest BCUT2D eigenvalue weighted by Gasteiger charge is 2.68. The molecule has 1 saturated heterocycles. The van der Waals surface area contributed by atoms with E-state index in [1.807, 2.05) is 0 Å². The Bertz CT molecular complexity index is 968. The van der Waals surface area contributed by atoms with E-state index in [1.165, 1.54) is 26.2 Å². The number of unbranched alkanes of at least 4 members (excludes halogenated alkanes) is 6. The maximum absolute atomic E-state index is 13.7. The molecule has 1 fully saturated rings. The fourth-order valence-corrected chi connectivity index (χ4v) is 5.13. The van der Waals surface area contributed by atoms with Gasteiger partial charge in [-0.2, -0.15) is 0 Å². The number of aliphatic hydroxyl groups excluding tert-OH is 1. The van der Waals surface area contributed by atoms with Gasteiger partial charge in [0.2, 0.25) is 5.79 Å². The Labute approximate surface area is 239 Å². The predicted molar refractivity (Wildman–Crippen MR) is 150 cm³/mol. The third-order valence-electron chi connectivity index (χ3n) is 6.90.